The van der Waals surface area contributed by atoms with Gasteiger partial charge in [-0.05, 0) is 42.9 Å². The average molecular weight is 381 g/mol. The zero-order valence-corrected chi connectivity index (χ0v) is 16.4. The Morgan fingerprint density at radius 2 is 1.93 bits per heavy atom. The summed E-state index contributed by atoms with van der Waals surface area (Å²) in [5.74, 6) is 1.34. The fourth-order valence-corrected chi connectivity index (χ4v) is 3.71. The van der Waals surface area contributed by atoms with Gasteiger partial charge in [0.15, 0.2) is 0 Å². The van der Waals surface area contributed by atoms with Crippen LogP contribution in [-0.2, 0) is 11.3 Å². The number of carbonyl (C=O) groups excluding carboxylic acids is 1. The van der Waals surface area contributed by atoms with Gasteiger partial charge in [-0.1, -0.05) is 37.3 Å². The monoisotopic (exact) mass is 381 g/mol. The van der Waals surface area contributed by atoms with Crippen LogP contribution in [0.2, 0.25) is 0 Å². The summed E-state index contributed by atoms with van der Waals surface area (Å²) in [5.41, 5.74) is 2.47. The third-order valence-corrected chi connectivity index (χ3v) is 5.33. The standard InChI is InChI=1S/C22H23NO3S/c1-3-12-27-21-18-13-17(26-15-16-8-6-5-7-9-16)10-11-20(18)23-14-19(21)22(24)25-4-2/h5-11,13-14H,3-4,12,15H2,1-2H3. The second-order valence-corrected chi connectivity index (χ2v) is 7.13. The first-order valence-corrected chi connectivity index (χ1v) is 10.1. The van der Waals surface area contributed by atoms with Crippen LogP contribution in [0.3, 0.4) is 0 Å². The van der Waals surface area contributed by atoms with Crippen molar-refractivity contribution in [3.05, 3.63) is 65.9 Å². The number of nitrogens with zero attached hydrogens (tertiary/aromatic N) is 1. The first-order valence-electron chi connectivity index (χ1n) is 9.12. The highest BCUT2D eigenvalue weighted by atomic mass is 32.2. The quantitative estimate of drug-likeness (QED) is 0.381. The maximum atomic E-state index is 12.4. The van der Waals surface area contributed by atoms with Gasteiger partial charge in [-0.15, -0.1) is 11.8 Å². The second-order valence-electron chi connectivity index (χ2n) is 6.02. The summed E-state index contributed by atoms with van der Waals surface area (Å²) in [4.78, 5) is 17.7. The van der Waals surface area contributed by atoms with Crippen molar-refractivity contribution in [2.75, 3.05) is 12.4 Å². The molecule has 0 N–H and O–H groups in total. The maximum absolute atomic E-state index is 12.4. The van der Waals surface area contributed by atoms with E-state index in [-0.39, 0.29) is 5.97 Å². The molecule has 0 unspecified atom stereocenters. The van der Waals surface area contributed by atoms with Crippen molar-refractivity contribution in [2.24, 2.45) is 0 Å². The third-order valence-electron chi connectivity index (χ3n) is 3.98. The molecule has 0 atom stereocenters. The number of aromatic nitrogens is 1. The van der Waals surface area contributed by atoms with E-state index in [2.05, 4.69) is 11.9 Å². The molecule has 5 heteroatoms. The predicted molar refractivity (Wildman–Crippen MR) is 109 cm³/mol. The van der Waals surface area contributed by atoms with Crippen molar-refractivity contribution < 1.29 is 14.3 Å². The van der Waals surface area contributed by atoms with Crippen LogP contribution in [0.25, 0.3) is 10.9 Å². The van der Waals surface area contributed by atoms with E-state index in [9.17, 15) is 4.79 Å². The molecule has 0 aliphatic heterocycles. The Balaban J connectivity index is 1.95. The molecule has 0 fully saturated rings. The summed E-state index contributed by atoms with van der Waals surface area (Å²) >= 11 is 1.66. The molecular formula is C22H23NO3S. The van der Waals surface area contributed by atoms with Gasteiger partial charge in [0.05, 0.1) is 17.7 Å². The van der Waals surface area contributed by atoms with Gasteiger partial charge < -0.3 is 9.47 Å². The molecule has 0 aliphatic carbocycles. The number of esters is 1. The molecule has 4 nitrogen and oxygen atoms in total. The maximum Gasteiger partial charge on any atom is 0.340 e. The summed E-state index contributed by atoms with van der Waals surface area (Å²) in [6.07, 6.45) is 2.63. The van der Waals surface area contributed by atoms with Gasteiger partial charge in [0.2, 0.25) is 0 Å². The molecule has 3 aromatic rings. The highest BCUT2D eigenvalue weighted by Gasteiger charge is 2.17. The number of hydrogen-bond donors (Lipinski definition) is 0. The molecule has 140 valence electrons. The van der Waals surface area contributed by atoms with Gasteiger partial charge >= 0.3 is 5.97 Å². The largest absolute Gasteiger partial charge is 0.489 e. The van der Waals surface area contributed by atoms with Gasteiger partial charge in [-0.25, -0.2) is 4.79 Å². The van der Waals surface area contributed by atoms with Crippen LogP contribution >= 0.6 is 11.8 Å². The minimum absolute atomic E-state index is 0.332. The van der Waals surface area contributed by atoms with Crippen molar-refractivity contribution in [3.8, 4) is 5.75 Å². The molecular weight excluding hydrogens is 358 g/mol. The average Bonchev–Trinajstić information content (AvgIpc) is 2.71. The van der Waals surface area contributed by atoms with Crippen molar-refractivity contribution in [3.63, 3.8) is 0 Å². The lowest BCUT2D eigenvalue weighted by atomic mass is 10.1. The molecule has 1 aromatic heterocycles. The second kappa shape index (κ2) is 9.42. The van der Waals surface area contributed by atoms with E-state index in [1.54, 1.807) is 24.9 Å². The Hall–Kier alpha value is -2.53. The Morgan fingerprint density at radius 1 is 1.11 bits per heavy atom. The van der Waals surface area contributed by atoms with Crippen LogP contribution in [0.1, 0.15) is 36.2 Å². The van der Waals surface area contributed by atoms with Crippen LogP contribution in [0.5, 0.6) is 5.75 Å². The lowest BCUT2D eigenvalue weighted by molar-refractivity contribution is 0.0522. The van der Waals surface area contributed by atoms with Crippen molar-refractivity contribution >= 4 is 28.6 Å². The fraction of sp³-hybridized carbons (Fsp3) is 0.273. The zero-order valence-electron chi connectivity index (χ0n) is 15.6. The molecule has 0 saturated carbocycles. The van der Waals surface area contributed by atoms with Crippen LogP contribution in [0.15, 0.2) is 59.6 Å². The first kappa shape index (κ1) is 19.2. The number of hydrogen-bond acceptors (Lipinski definition) is 5. The van der Waals surface area contributed by atoms with E-state index in [4.69, 9.17) is 9.47 Å². The minimum Gasteiger partial charge on any atom is -0.489 e. The Morgan fingerprint density at radius 3 is 2.67 bits per heavy atom. The zero-order chi connectivity index (χ0) is 19.1. The van der Waals surface area contributed by atoms with E-state index in [1.165, 1.54) is 0 Å². The van der Waals surface area contributed by atoms with Crippen molar-refractivity contribution in [1.82, 2.24) is 4.98 Å². The molecule has 1 heterocycles. The predicted octanol–water partition coefficient (Wildman–Crippen LogP) is 5.49. The van der Waals surface area contributed by atoms with Gasteiger partial charge in [0.1, 0.15) is 12.4 Å². The topological polar surface area (TPSA) is 48.4 Å². The van der Waals surface area contributed by atoms with Gasteiger partial charge in [-0.3, -0.25) is 4.98 Å². The van der Waals surface area contributed by atoms with E-state index in [0.717, 1.165) is 39.3 Å². The van der Waals surface area contributed by atoms with Crippen molar-refractivity contribution in [2.45, 2.75) is 31.8 Å². The number of pyridine rings is 1. The van der Waals surface area contributed by atoms with Crippen LogP contribution in [-0.4, -0.2) is 23.3 Å². The smallest absolute Gasteiger partial charge is 0.340 e. The summed E-state index contributed by atoms with van der Waals surface area (Å²) in [5, 5.41) is 0.921. The Bertz CT molecular complexity index is 912. The number of ether oxygens (including phenoxy) is 2. The summed E-state index contributed by atoms with van der Waals surface area (Å²) < 4.78 is 11.2. The van der Waals surface area contributed by atoms with E-state index >= 15 is 0 Å². The molecule has 0 spiro atoms. The molecule has 3 rings (SSSR count). The van der Waals surface area contributed by atoms with E-state index in [0.29, 0.717) is 18.8 Å². The van der Waals surface area contributed by atoms with Gasteiger partial charge in [0, 0.05) is 16.5 Å². The Kier molecular flexibility index (Phi) is 6.71. The molecule has 0 radical (unpaired) electrons. The molecule has 0 aliphatic rings. The molecule has 2 aromatic carbocycles. The lowest BCUT2D eigenvalue weighted by Crippen LogP contribution is -2.07. The number of carbonyl (C=O) groups is 1. The molecule has 27 heavy (non-hydrogen) atoms. The van der Waals surface area contributed by atoms with Crippen LogP contribution in [0, 0.1) is 0 Å². The Labute approximate surface area is 163 Å². The summed E-state index contributed by atoms with van der Waals surface area (Å²) in [6, 6.07) is 15.8. The van der Waals surface area contributed by atoms with Crippen LogP contribution < -0.4 is 4.74 Å². The number of benzene rings is 2. The number of fused-ring (bicyclic) bond motifs is 1. The molecule has 0 amide bonds. The minimum atomic E-state index is -0.332. The highest BCUT2D eigenvalue weighted by Crippen LogP contribution is 2.33. The third kappa shape index (κ3) is 4.80. The highest BCUT2D eigenvalue weighted by molar-refractivity contribution is 7.99. The molecule has 0 saturated heterocycles. The molecule has 0 bridgehead atoms. The van der Waals surface area contributed by atoms with Gasteiger partial charge in [0.25, 0.3) is 0 Å². The van der Waals surface area contributed by atoms with E-state index < -0.39 is 0 Å². The van der Waals surface area contributed by atoms with Crippen molar-refractivity contribution in [1.29, 1.82) is 0 Å². The van der Waals surface area contributed by atoms with Gasteiger partial charge in [-0.2, -0.15) is 0 Å². The van der Waals surface area contributed by atoms with E-state index in [1.807, 2.05) is 48.5 Å². The summed E-state index contributed by atoms with van der Waals surface area (Å²) in [7, 11) is 0. The summed E-state index contributed by atoms with van der Waals surface area (Å²) in [6.45, 7) is 4.76. The lowest BCUT2D eigenvalue weighted by Gasteiger charge is -2.13. The SMILES string of the molecule is CCCSc1c(C(=O)OCC)cnc2ccc(OCc3ccccc3)cc12. The fourth-order valence-electron chi connectivity index (χ4n) is 2.69. The number of rotatable bonds is 8. The number of thioether (sulfide) groups is 1. The first-order chi connectivity index (χ1) is 13.2. The van der Waals surface area contributed by atoms with Crippen LogP contribution in [0.4, 0.5) is 0 Å². The normalized spacial score (nSPS) is 10.7.